The highest BCUT2D eigenvalue weighted by Gasteiger charge is 2.26. The Hall–Kier alpha value is -3.02. The third-order valence-electron chi connectivity index (χ3n) is 3.99. The maximum Gasteiger partial charge on any atom is 0.311 e. The van der Waals surface area contributed by atoms with Gasteiger partial charge < -0.3 is 19.5 Å². The van der Waals surface area contributed by atoms with E-state index >= 15 is 0 Å². The predicted octanol–water partition coefficient (Wildman–Crippen LogP) is 3.45. The first-order valence-electron chi connectivity index (χ1n) is 8.70. The molecule has 0 saturated heterocycles. The number of rotatable bonds is 8. The van der Waals surface area contributed by atoms with Crippen molar-refractivity contribution in [2.45, 2.75) is 26.4 Å². The van der Waals surface area contributed by atoms with E-state index in [4.69, 9.17) is 14.2 Å². The first kappa shape index (κ1) is 20.3. The topological polar surface area (TPSA) is 73.9 Å². The van der Waals surface area contributed by atoms with Crippen LogP contribution in [0.1, 0.15) is 19.4 Å². The highest BCUT2D eigenvalue weighted by molar-refractivity contribution is 5.95. The number of ether oxygens (including phenoxy) is 3. The second-order valence-electron chi connectivity index (χ2n) is 6.40. The largest absolute Gasteiger partial charge is 0.497 e. The minimum Gasteiger partial charge on any atom is -0.497 e. The molecule has 2 aromatic rings. The summed E-state index contributed by atoms with van der Waals surface area (Å²) in [7, 11) is 3.16. The van der Waals surface area contributed by atoms with E-state index in [0.717, 1.165) is 5.56 Å². The molecule has 0 aliphatic carbocycles. The van der Waals surface area contributed by atoms with E-state index in [-0.39, 0.29) is 18.2 Å². The molecule has 0 aliphatic heterocycles. The van der Waals surface area contributed by atoms with Crippen LogP contribution in [0.15, 0.2) is 48.5 Å². The number of hydrogen-bond donors (Lipinski definition) is 1. The predicted molar refractivity (Wildman–Crippen MR) is 103 cm³/mol. The normalized spacial score (nSPS) is 11.6. The molecule has 0 fully saturated rings. The molecule has 0 bridgehead atoms. The van der Waals surface area contributed by atoms with E-state index in [1.807, 2.05) is 13.8 Å². The molecule has 6 nitrogen and oxygen atoms in total. The molecule has 0 spiro atoms. The van der Waals surface area contributed by atoms with Gasteiger partial charge in [-0.05, 0) is 47.9 Å². The number of methoxy groups -OCH3 is 2. The van der Waals surface area contributed by atoms with Crippen LogP contribution in [0.5, 0.6) is 11.5 Å². The second kappa shape index (κ2) is 9.62. The molecular weight excluding hydrogens is 346 g/mol. The Morgan fingerprint density at radius 2 is 1.41 bits per heavy atom. The molecule has 1 amide bonds. The van der Waals surface area contributed by atoms with Crippen LogP contribution in [0.3, 0.4) is 0 Å². The van der Waals surface area contributed by atoms with Gasteiger partial charge in [0.1, 0.15) is 11.5 Å². The van der Waals surface area contributed by atoms with Gasteiger partial charge in [0.05, 0.1) is 20.6 Å². The number of carbonyl (C=O) groups is 2. The third kappa shape index (κ3) is 6.02. The first-order valence-corrected chi connectivity index (χ1v) is 8.70. The van der Waals surface area contributed by atoms with E-state index in [2.05, 4.69) is 5.32 Å². The van der Waals surface area contributed by atoms with Crippen molar-refractivity contribution in [1.29, 1.82) is 0 Å². The Kier molecular flexibility index (Phi) is 7.23. The lowest BCUT2D eigenvalue weighted by Crippen LogP contribution is -2.37. The lowest BCUT2D eigenvalue weighted by atomic mass is 10.1. The Bertz CT molecular complexity index is 753. The van der Waals surface area contributed by atoms with Crippen molar-refractivity contribution >= 4 is 17.6 Å². The van der Waals surface area contributed by atoms with E-state index in [0.29, 0.717) is 17.2 Å². The van der Waals surface area contributed by atoms with Crippen LogP contribution in [-0.4, -0.2) is 32.2 Å². The average Bonchev–Trinajstić information content (AvgIpc) is 2.67. The van der Waals surface area contributed by atoms with Gasteiger partial charge in [0.25, 0.3) is 5.91 Å². The molecule has 0 saturated carbocycles. The molecule has 2 rings (SSSR count). The van der Waals surface area contributed by atoms with Crippen molar-refractivity contribution in [3.8, 4) is 11.5 Å². The van der Waals surface area contributed by atoms with Crippen LogP contribution >= 0.6 is 0 Å². The molecule has 1 unspecified atom stereocenters. The average molecular weight is 371 g/mol. The summed E-state index contributed by atoms with van der Waals surface area (Å²) < 4.78 is 15.6. The molecule has 1 N–H and O–H groups in total. The molecule has 1 atom stereocenters. The summed E-state index contributed by atoms with van der Waals surface area (Å²) in [5, 5.41) is 2.77. The van der Waals surface area contributed by atoms with E-state index in [1.165, 1.54) is 0 Å². The monoisotopic (exact) mass is 371 g/mol. The molecule has 0 aliphatic rings. The Labute approximate surface area is 159 Å². The number of carbonyl (C=O) groups excluding carboxylic acids is 2. The molecule has 27 heavy (non-hydrogen) atoms. The number of nitrogens with one attached hydrogen (secondary N) is 1. The second-order valence-corrected chi connectivity index (χ2v) is 6.40. The van der Waals surface area contributed by atoms with Crippen LogP contribution in [0.2, 0.25) is 0 Å². The lowest BCUT2D eigenvalue weighted by molar-refractivity contribution is -0.156. The smallest absolute Gasteiger partial charge is 0.311 e. The maximum absolute atomic E-state index is 12.5. The zero-order valence-corrected chi connectivity index (χ0v) is 16.0. The van der Waals surface area contributed by atoms with Gasteiger partial charge in [-0.25, -0.2) is 0 Å². The molecular formula is C21H25NO5. The number of esters is 1. The van der Waals surface area contributed by atoms with E-state index < -0.39 is 12.1 Å². The Morgan fingerprint density at radius 3 is 1.89 bits per heavy atom. The third-order valence-corrected chi connectivity index (χ3v) is 3.99. The maximum atomic E-state index is 12.5. The fraction of sp³-hybridized carbons (Fsp3) is 0.333. The summed E-state index contributed by atoms with van der Waals surface area (Å²) in [6, 6.07) is 14.1. The Morgan fingerprint density at radius 1 is 0.889 bits per heavy atom. The fourth-order valence-electron chi connectivity index (χ4n) is 2.47. The van der Waals surface area contributed by atoms with Gasteiger partial charge in [-0.2, -0.15) is 0 Å². The number of amides is 1. The van der Waals surface area contributed by atoms with Crippen molar-refractivity contribution in [2.75, 3.05) is 19.5 Å². The minimum absolute atomic E-state index is 0.0863. The van der Waals surface area contributed by atoms with Crippen molar-refractivity contribution < 1.29 is 23.8 Å². The van der Waals surface area contributed by atoms with Gasteiger partial charge in [0.15, 0.2) is 6.10 Å². The molecule has 2 aromatic carbocycles. The molecule has 6 heteroatoms. The van der Waals surface area contributed by atoms with Gasteiger partial charge in [-0.15, -0.1) is 0 Å². The number of benzene rings is 2. The van der Waals surface area contributed by atoms with Crippen LogP contribution < -0.4 is 14.8 Å². The highest BCUT2D eigenvalue weighted by Crippen LogP contribution is 2.18. The summed E-state index contributed by atoms with van der Waals surface area (Å²) in [5.74, 6) is 0.426. The minimum atomic E-state index is -0.877. The molecule has 144 valence electrons. The molecule has 0 radical (unpaired) electrons. The SMILES string of the molecule is COc1ccc(CC(=O)OC(C(=O)Nc2ccc(OC)cc2)C(C)C)cc1. The summed E-state index contributed by atoms with van der Waals surface area (Å²) in [4.78, 5) is 24.8. The van der Waals surface area contributed by atoms with E-state index in [9.17, 15) is 9.59 Å². The zero-order valence-electron chi connectivity index (χ0n) is 16.0. The highest BCUT2D eigenvalue weighted by atomic mass is 16.5. The summed E-state index contributed by atoms with van der Waals surface area (Å²) in [5.41, 5.74) is 1.40. The van der Waals surface area contributed by atoms with Crippen molar-refractivity contribution in [2.24, 2.45) is 5.92 Å². The molecule has 0 heterocycles. The van der Waals surface area contributed by atoms with Crippen LogP contribution in [0.25, 0.3) is 0 Å². The lowest BCUT2D eigenvalue weighted by Gasteiger charge is -2.21. The zero-order chi connectivity index (χ0) is 19.8. The molecule has 0 aromatic heterocycles. The summed E-state index contributed by atoms with van der Waals surface area (Å²) >= 11 is 0. The van der Waals surface area contributed by atoms with Gasteiger partial charge in [-0.1, -0.05) is 26.0 Å². The standard InChI is InChI=1S/C21H25NO5/c1-14(2)20(21(24)22-16-7-11-18(26-4)12-8-16)27-19(23)13-15-5-9-17(25-3)10-6-15/h5-12,14,20H,13H2,1-4H3,(H,22,24). The van der Waals surface area contributed by atoms with Crippen molar-refractivity contribution in [3.63, 3.8) is 0 Å². The van der Waals surface area contributed by atoms with Crippen LogP contribution in [0.4, 0.5) is 5.69 Å². The van der Waals surface area contributed by atoms with Gasteiger partial charge in [0.2, 0.25) is 0 Å². The quantitative estimate of drug-likeness (QED) is 0.720. The van der Waals surface area contributed by atoms with Crippen molar-refractivity contribution in [3.05, 3.63) is 54.1 Å². The first-order chi connectivity index (χ1) is 12.9. The van der Waals surface area contributed by atoms with Gasteiger partial charge in [-0.3, -0.25) is 9.59 Å². The summed E-state index contributed by atoms with van der Waals surface area (Å²) in [6.07, 6.45) is -0.791. The fourth-order valence-corrected chi connectivity index (χ4v) is 2.47. The van der Waals surface area contributed by atoms with Gasteiger partial charge >= 0.3 is 5.97 Å². The Balaban J connectivity index is 1.97. The van der Waals surface area contributed by atoms with Crippen LogP contribution in [0, 0.1) is 5.92 Å². The number of hydrogen-bond acceptors (Lipinski definition) is 5. The van der Waals surface area contributed by atoms with Crippen LogP contribution in [-0.2, 0) is 20.7 Å². The number of anilines is 1. The van der Waals surface area contributed by atoms with Gasteiger partial charge in [0, 0.05) is 5.69 Å². The summed E-state index contributed by atoms with van der Waals surface area (Å²) in [6.45, 7) is 3.66. The van der Waals surface area contributed by atoms with E-state index in [1.54, 1.807) is 62.8 Å². The van der Waals surface area contributed by atoms with Crippen molar-refractivity contribution in [1.82, 2.24) is 0 Å².